The third kappa shape index (κ3) is 3.96. The van der Waals surface area contributed by atoms with Crippen LogP contribution in [0.1, 0.15) is 15.9 Å². The summed E-state index contributed by atoms with van der Waals surface area (Å²) in [7, 11) is 0. The molecule has 0 fully saturated rings. The summed E-state index contributed by atoms with van der Waals surface area (Å²) in [6.45, 7) is 0.208. The van der Waals surface area contributed by atoms with Gasteiger partial charge in [-0.2, -0.15) is 0 Å². The highest BCUT2D eigenvalue weighted by Gasteiger charge is 2.24. The molecule has 1 aliphatic rings. The van der Waals surface area contributed by atoms with Gasteiger partial charge in [-0.3, -0.25) is 4.79 Å². The normalized spacial score (nSPS) is 14.9. The van der Waals surface area contributed by atoms with E-state index in [0.717, 1.165) is 29.2 Å². The maximum absolute atomic E-state index is 13.7. The van der Waals surface area contributed by atoms with E-state index in [1.807, 2.05) is 48.5 Å². The van der Waals surface area contributed by atoms with Gasteiger partial charge in [-0.1, -0.05) is 18.2 Å². The van der Waals surface area contributed by atoms with E-state index in [1.165, 1.54) is 0 Å². The summed E-state index contributed by atoms with van der Waals surface area (Å²) in [5, 5.41) is 2.63. The fourth-order valence-electron chi connectivity index (χ4n) is 3.07. The molecule has 0 bridgehead atoms. The Balaban J connectivity index is 1.36. The first kappa shape index (κ1) is 18.0. The number of nitrogens with one attached hydrogen (secondary N) is 1. The van der Waals surface area contributed by atoms with Crippen LogP contribution in [0.3, 0.4) is 0 Å². The summed E-state index contributed by atoms with van der Waals surface area (Å²) < 4.78 is 38.3. The van der Waals surface area contributed by atoms with Gasteiger partial charge >= 0.3 is 0 Å². The van der Waals surface area contributed by atoms with Crippen LogP contribution >= 0.6 is 0 Å². The Labute approximate surface area is 160 Å². The molecular weight excluding hydrogens is 364 g/mol. The second-order valence-electron chi connectivity index (χ2n) is 6.46. The van der Waals surface area contributed by atoms with E-state index < -0.39 is 17.5 Å². The van der Waals surface area contributed by atoms with Gasteiger partial charge < -0.3 is 14.8 Å². The lowest BCUT2D eigenvalue weighted by Gasteiger charge is -2.12. The maximum Gasteiger partial charge on any atom is 0.254 e. The van der Waals surface area contributed by atoms with E-state index in [4.69, 9.17) is 9.47 Å². The Morgan fingerprint density at radius 3 is 2.64 bits per heavy atom. The molecule has 28 heavy (non-hydrogen) atoms. The Morgan fingerprint density at radius 1 is 1.04 bits per heavy atom. The summed E-state index contributed by atoms with van der Waals surface area (Å²) in [6.07, 6.45) is 0.322. The van der Waals surface area contributed by atoms with E-state index in [0.29, 0.717) is 18.2 Å². The number of carbonyl (C=O) groups excluding carboxylic acids is 1. The average Bonchev–Trinajstić information content (AvgIpc) is 3.09. The van der Waals surface area contributed by atoms with Crippen molar-refractivity contribution in [2.75, 3.05) is 6.54 Å². The lowest BCUT2D eigenvalue weighted by atomic mass is 10.1. The largest absolute Gasteiger partial charge is 0.488 e. The maximum atomic E-state index is 13.7. The zero-order valence-electron chi connectivity index (χ0n) is 14.8. The number of rotatable bonds is 5. The van der Waals surface area contributed by atoms with Gasteiger partial charge in [-0.05, 0) is 42.5 Å². The van der Waals surface area contributed by atoms with E-state index in [2.05, 4.69) is 5.32 Å². The van der Waals surface area contributed by atoms with E-state index in [1.54, 1.807) is 0 Å². The molecule has 0 spiro atoms. The number of ether oxygens (including phenoxy) is 2. The number of carbonyl (C=O) groups is 1. The second-order valence-corrected chi connectivity index (χ2v) is 6.46. The molecule has 1 aliphatic heterocycles. The van der Waals surface area contributed by atoms with Crippen LogP contribution in [0.2, 0.25) is 0 Å². The van der Waals surface area contributed by atoms with E-state index >= 15 is 0 Å². The molecule has 142 valence electrons. The second kappa shape index (κ2) is 7.68. The van der Waals surface area contributed by atoms with Crippen LogP contribution in [0.15, 0.2) is 66.7 Å². The van der Waals surface area contributed by atoms with Gasteiger partial charge in [0.2, 0.25) is 0 Å². The van der Waals surface area contributed by atoms with Crippen LogP contribution in [0.25, 0.3) is 0 Å². The molecule has 3 aromatic rings. The summed E-state index contributed by atoms with van der Waals surface area (Å²) in [5.74, 6) is -0.0520. The van der Waals surface area contributed by atoms with Crippen molar-refractivity contribution in [3.8, 4) is 17.2 Å². The van der Waals surface area contributed by atoms with Crippen molar-refractivity contribution >= 4 is 5.91 Å². The molecule has 0 radical (unpaired) electrons. The first-order valence-electron chi connectivity index (χ1n) is 8.84. The Kier molecular flexibility index (Phi) is 4.93. The van der Waals surface area contributed by atoms with Gasteiger partial charge in [-0.25, -0.2) is 8.78 Å². The minimum atomic E-state index is -0.893. The van der Waals surface area contributed by atoms with Crippen LogP contribution in [0, 0.1) is 11.6 Å². The number of amides is 1. The number of hydrogen-bond donors (Lipinski definition) is 1. The predicted molar refractivity (Wildman–Crippen MR) is 99.8 cm³/mol. The van der Waals surface area contributed by atoms with Crippen LogP contribution < -0.4 is 14.8 Å². The minimum absolute atomic E-state index is 0.199. The Morgan fingerprint density at radius 2 is 1.86 bits per heavy atom. The van der Waals surface area contributed by atoms with E-state index in [-0.39, 0.29) is 18.2 Å². The number of halogens is 2. The van der Waals surface area contributed by atoms with Gasteiger partial charge in [0, 0.05) is 18.1 Å². The van der Waals surface area contributed by atoms with Crippen LogP contribution in [0.4, 0.5) is 8.78 Å². The van der Waals surface area contributed by atoms with Gasteiger partial charge in [0.15, 0.2) is 0 Å². The first-order chi connectivity index (χ1) is 13.6. The molecule has 4 nitrogen and oxygen atoms in total. The van der Waals surface area contributed by atoms with Crippen LogP contribution in [0.5, 0.6) is 17.2 Å². The monoisotopic (exact) mass is 381 g/mol. The van der Waals surface area contributed by atoms with Crippen molar-refractivity contribution < 1.29 is 23.0 Å². The molecule has 1 amide bonds. The molecule has 1 heterocycles. The third-order valence-electron chi connectivity index (χ3n) is 4.42. The highest BCUT2D eigenvalue weighted by Crippen LogP contribution is 2.33. The molecule has 3 aromatic carbocycles. The van der Waals surface area contributed by atoms with E-state index in [9.17, 15) is 13.6 Å². The quantitative estimate of drug-likeness (QED) is 0.708. The summed E-state index contributed by atoms with van der Waals surface area (Å²) in [6, 6.07) is 17.9. The molecule has 6 heteroatoms. The lowest BCUT2D eigenvalue weighted by molar-refractivity contribution is 0.0929. The number of fused-ring (bicyclic) bond motifs is 1. The standard InChI is InChI=1S/C22H17F2NO3/c23-15-6-8-19(20(24)12-15)22(26)25-13-18-11-14-10-17(7-9-21(14)28-18)27-16-4-2-1-3-5-16/h1-10,12,18H,11,13H2,(H,25,26)/t18-/m1/s1. The van der Waals surface area contributed by atoms with Crippen molar-refractivity contribution in [2.24, 2.45) is 0 Å². The zero-order valence-corrected chi connectivity index (χ0v) is 14.8. The molecule has 1 atom stereocenters. The number of para-hydroxylation sites is 1. The molecule has 0 unspecified atom stereocenters. The molecular formula is C22H17F2NO3. The van der Waals surface area contributed by atoms with Crippen LogP contribution in [-0.4, -0.2) is 18.6 Å². The Bertz CT molecular complexity index is 1010. The number of benzene rings is 3. The van der Waals surface area contributed by atoms with Crippen LogP contribution in [-0.2, 0) is 6.42 Å². The Hall–Kier alpha value is -3.41. The van der Waals surface area contributed by atoms with Gasteiger partial charge in [0.05, 0.1) is 12.1 Å². The summed E-state index contributed by atoms with van der Waals surface area (Å²) >= 11 is 0. The first-order valence-corrected chi connectivity index (χ1v) is 8.84. The van der Waals surface area contributed by atoms with Gasteiger partial charge in [-0.15, -0.1) is 0 Å². The molecule has 0 aromatic heterocycles. The SMILES string of the molecule is O=C(NC[C@H]1Cc2cc(Oc3ccccc3)ccc2O1)c1ccc(F)cc1F. The summed E-state index contributed by atoms with van der Waals surface area (Å²) in [5.41, 5.74) is 0.774. The fourth-order valence-corrected chi connectivity index (χ4v) is 3.07. The van der Waals surface area contributed by atoms with Crippen molar-refractivity contribution in [3.05, 3.63) is 89.5 Å². The highest BCUT2D eigenvalue weighted by molar-refractivity contribution is 5.94. The highest BCUT2D eigenvalue weighted by atomic mass is 19.1. The smallest absolute Gasteiger partial charge is 0.254 e. The van der Waals surface area contributed by atoms with Crippen molar-refractivity contribution in [1.29, 1.82) is 0 Å². The molecule has 0 saturated heterocycles. The average molecular weight is 381 g/mol. The third-order valence-corrected chi connectivity index (χ3v) is 4.42. The van der Waals surface area contributed by atoms with Gasteiger partial charge in [0.25, 0.3) is 5.91 Å². The lowest BCUT2D eigenvalue weighted by Crippen LogP contribution is -2.34. The molecule has 4 rings (SSSR count). The summed E-state index contributed by atoms with van der Waals surface area (Å²) in [4.78, 5) is 12.1. The van der Waals surface area contributed by atoms with Crippen molar-refractivity contribution in [3.63, 3.8) is 0 Å². The fraction of sp³-hybridized carbons (Fsp3) is 0.136. The topological polar surface area (TPSA) is 47.6 Å². The minimum Gasteiger partial charge on any atom is -0.488 e. The van der Waals surface area contributed by atoms with Crippen molar-refractivity contribution in [2.45, 2.75) is 12.5 Å². The zero-order chi connectivity index (χ0) is 19.5. The van der Waals surface area contributed by atoms with Crippen molar-refractivity contribution in [1.82, 2.24) is 5.32 Å². The molecule has 1 N–H and O–H groups in total. The molecule has 0 saturated carbocycles. The predicted octanol–water partition coefficient (Wildman–Crippen LogP) is 4.49. The molecule has 0 aliphatic carbocycles. The van der Waals surface area contributed by atoms with Gasteiger partial charge in [0.1, 0.15) is 35.0 Å². The number of hydrogen-bond acceptors (Lipinski definition) is 3.